The van der Waals surface area contributed by atoms with E-state index in [2.05, 4.69) is 0 Å². The lowest BCUT2D eigenvalue weighted by Crippen LogP contribution is -2.43. The average Bonchev–Trinajstić information content (AvgIpc) is 2.84. The Kier molecular flexibility index (Phi) is 4.42. The highest BCUT2D eigenvalue weighted by atomic mass is 35.5. The summed E-state index contributed by atoms with van der Waals surface area (Å²) in [5, 5.41) is 5.62. The number of amides is 4. The summed E-state index contributed by atoms with van der Waals surface area (Å²) in [7, 11) is 0. The zero-order valence-electron chi connectivity index (χ0n) is 17.8. The Hall–Kier alpha value is -3.16. The molecular formula is C26H10Cl4N2O4. The number of imide groups is 2. The number of alkyl halides is 4. The molecule has 0 bridgehead atoms. The second kappa shape index (κ2) is 7.20. The van der Waals surface area contributed by atoms with E-state index in [9.17, 15) is 19.2 Å². The number of hydrogen-bond donors (Lipinski definition) is 0. The van der Waals surface area contributed by atoms with Crippen molar-refractivity contribution in [2.45, 2.75) is 9.92 Å². The van der Waals surface area contributed by atoms with E-state index in [1.165, 1.54) is 0 Å². The van der Waals surface area contributed by atoms with Gasteiger partial charge in [0.1, 0.15) is 0 Å². The van der Waals surface area contributed by atoms with Gasteiger partial charge in [0.15, 0.2) is 9.92 Å². The molecule has 0 radical (unpaired) electrons. The standard InChI is InChI=1S/C26H10Cl4N2O4/c27-25(28)31-21(33)13-5-1-9-10-2-6-15-20-16(24(36)32(23(15)35)26(29)30)8-4-12(18(10)20)11-3-7-14(22(31)34)19(13)17(9)11/h1-8,25-26H. The van der Waals surface area contributed by atoms with Gasteiger partial charge in [0.25, 0.3) is 23.6 Å². The molecule has 176 valence electrons. The zero-order valence-corrected chi connectivity index (χ0v) is 20.8. The Bertz CT molecular complexity index is 1640. The van der Waals surface area contributed by atoms with E-state index in [1.807, 2.05) is 0 Å². The predicted octanol–water partition coefficient (Wildman–Crippen LogP) is 6.45. The average molecular weight is 556 g/mol. The van der Waals surface area contributed by atoms with Crippen LogP contribution >= 0.6 is 46.4 Å². The van der Waals surface area contributed by atoms with Crippen molar-refractivity contribution in [2.24, 2.45) is 0 Å². The van der Waals surface area contributed by atoms with Crippen molar-refractivity contribution in [2.75, 3.05) is 0 Å². The molecule has 6 nitrogen and oxygen atoms in total. The van der Waals surface area contributed by atoms with Crippen LogP contribution in [-0.4, -0.2) is 43.3 Å². The molecule has 0 aromatic heterocycles. The summed E-state index contributed by atoms with van der Waals surface area (Å²) in [5.74, 6) is -2.30. The SMILES string of the molecule is O=C1c2ccc3c4ccc5c6c(ccc(c7ccc(c2c37)C(=O)N1C(Cl)Cl)c64)C(=O)N(C(Cl)Cl)C5=O. The van der Waals surface area contributed by atoms with Crippen molar-refractivity contribution in [3.63, 3.8) is 0 Å². The number of carbonyl (C=O) groups excluding carboxylic acids is 4. The number of rotatable bonds is 2. The van der Waals surface area contributed by atoms with Gasteiger partial charge in [-0.2, -0.15) is 0 Å². The Morgan fingerprint density at radius 3 is 0.889 bits per heavy atom. The fraction of sp³-hybridized carbons (Fsp3) is 0.0769. The summed E-state index contributed by atoms with van der Waals surface area (Å²) in [4.78, 5) is 51.6. The molecule has 5 aromatic rings. The number of nitrogens with zero attached hydrogens (tertiary/aromatic N) is 2. The lowest BCUT2D eigenvalue weighted by atomic mass is 9.82. The van der Waals surface area contributed by atoms with Crippen LogP contribution in [0.4, 0.5) is 0 Å². The van der Waals surface area contributed by atoms with Crippen molar-refractivity contribution in [3.8, 4) is 0 Å². The maximum absolute atomic E-state index is 13.1. The second-order valence-electron chi connectivity index (χ2n) is 8.66. The molecule has 2 heterocycles. The molecule has 0 N–H and O–H groups in total. The van der Waals surface area contributed by atoms with Gasteiger partial charge in [-0.3, -0.25) is 19.2 Å². The smallest absolute Gasteiger partial charge is 0.263 e. The van der Waals surface area contributed by atoms with Gasteiger partial charge in [0.05, 0.1) is 0 Å². The summed E-state index contributed by atoms with van der Waals surface area (Å²) in [5.41, 5.74) is 1.28. The lowest BCUT2D eigenvalue weighted by Gasteiger charge is -2.30. The first-order valence-electron chi connectivity index (χ1n) is 10.7. The molecule has 10 heteroatoms. The van der Waals surface area contributed by atoms with Crippen LogP contribution in [0.5, 0.6) is 0 Å². The van der Waals surface area contributed by atoms with Gasteiger partial charge in [0, 0.05) is 33.0 Å². The number of hydrogen-bond acceptors (Lipinski definition) is 4. The van der Waals surface area contributed by atoms with Crippen molar-refractivity contribution in [1.82, 2.24) is 9.80 Å². The van der Waals surface area contributed by atoms with E-state index in [1.54, 1.807) is 48.5 Å². The molecule has 0 unspecified atom stereocenters. The first-order chi connectivity index (χ1) is 17.2. The molecule has 2 aliphatic rings. The third kappa shape index (κ3) is 2.50. The number of halogens is 4. The minimum Gasteiger partial charge on any atom is -0.268 e. The van der Waals surface area contributed by atoms with E-state index >= 15 is 0 Å². The second-order valence-corrected chi connectivity index (χ2v) is 10.8. The summed E-state index contributed by atoms with van der Waals surface area (Å²) < 4.78 is 0. The molecule has 7 rings (SSSR count). The van der Waals surface area contributed by atoms with Crippen LogP contribution in [0.3, 0.4) is 0 Å². The Morgan fingerprint density at radius 2 is 0.667 bits per heavy atom. The topological polar surface area (TPSA) is 74.8 Å². The fourth-order valence-electron chi connectivity index (χ4n) is 5.66. The Morgan fingerprint density at radius 1 is 0.417 bits per heavy atom. The Balaban J connectivity index is 1.66. The largest absolute Gasteiger partial charge is 0.268 e. The van der Waals surface area contributed by atoms with Crippen LogP contribution in [0, 0.1) is 0 Å². The van der Waals surface area contributed by atoms with Gasteiger partial charge >= 0.3 is 0 Å². The highest BCUT2D eigenvalue weighted by Gasteiger charge is 2.39. The highest BCUT2D eigenvalue weighted by Crippen LogP contribution is 2.46. The van der Waals surface area contributed by atoms with E-state index < -0.39 is 33.5 Å². The maximum Gasteiger partial charge on any atom is 0.263 e. The molecule has 0 fully saturated rings. The lowest BCUT2D eigenvalue weighted by molar-refractivity contribution is 0.0607. The predicted molar refractivity (Wildman–Crippen MR) is 140 cm³/mol. The normalized spacial score (nSPS) is 15.8. The molecule has 4 amide bonds. The number of fused-ring (bicyclic) bond motifs is 2. The van der Waals surface area contributed by atoms with Crippen molar-refractivity contribution in [3.05, 3.63) is 70.8 Å². The molecule has 2 aliphatic heterocycles. The first kappa shape index (κ1) is 22.1. The molecule has 0 saturated carbocycles. The van der Waals surface area contributed by atoms with Crippen molar-refractivity contribution < 1.29 is 19.2 Å². The summed E-state index contributed by atoms with van der Waals surface area (Å²) in [6.07, 6.45) is 0. The van der Waals surface area contributed by atoms with Gasteiger partial charge in [0.2, 0.25) is 0 Å². The van der Waals surface area contributed by atoms with Crippen LogP contribution in [0.2, 0.25) is 0 Å². The van der Waals surface area contributed by atoms with Gasteiger partial charge in [-0.05, 0) is 56.6 Å². The van der Waals surface area contributed by atoms with Gasteiger partial charge in [-0.15, -0.1) is 0 Å². The molecule has 0 saturated heterocycles. The van der Waals surface area contributed by atoms with Gasteiger partial charge < -0.3 is 0 Å². The molecular weight excluding hydrogens is 546 g/mol. The minimum atomic E-state index is -1.33. The number of carbonyl (C=O) groups is 4. The van der Waals surface area contributed by atoms with Gasteiger partial charge in [-0.25, -0.2) is 9.80 Å². The Labute approximate surface area is 222 Å². The molecule has 5 aromatic carbocycles. The molecule has 0 atom stereocenters. The minimum absolute atomic E-state index is 0.321. The highest BCUT2D eigenvalue weighted by molar-refractivity contribution is 6.49. The number of benzene rings is 5. The van der Waals surface area contributed by atoms with Crippen LogP contribution in [-0.2, 0) is 0 Å². The monoisotopic (exact) mass is 554 g/mol. The molecule has 0 spiro atoms. The summed E-state index contributed by atoms with van der Waals surface area (Å²) >= 11 is 23.8. The zero-order chi connectivity index (χ0) is 25.2. The van der Waals surface area contributed by atoms with Crippen LogP contribution < -0.4 is 0 Å². The fourth-order valence-corrected chi connectivity index (χ4v) is 6.37. The molecule has 36 heavy (non-hydrogen) atoms. The van der Waals surface area contributed by atoms with Crippen LogP contribution in [0.25, 0.3) is 43.1 Å². The van der Waals surface area contributed by atoms with E-state index in [4.69, 9.17) is 46.4 Å². The molecule has 0 aliphatic carbocycles. The van der Waals surface area contributed by atoms with Crippen molar-refractivity contribution >= 4 is 113 Å². The quantitative estimate of drug-likeness (QED) is 0.0824. The van der Waals surface area contributed by atoms with E-state index in [0.29, 0.717) is 33.0 Å². The van der Waals surface area contributed by atoms with E-state index in [-0.39, 0.29) is 0 Å². The van der Waals surface area contributed by atoms with Crippen LogP contribution in [0.1, 0.15) is 41.4 Å². The van der Waals surface area contributed by atoms with Crippen LogP contribution in [0.15, 0.2) is 48.5 Å². The first-order valence-corrected chi connectivity index (χ1v) is 12.5. The summed E-state index contributed by atoms with van der Waals surface area (Å²) in [6, 6.07) is 13.8. The van der Waals surface area contributed by atoms with Crippen molar-refractivity contribution in [1.29, 1.82) is 0 Å². The van der Waals surface area contributed by atoms with E-state index in [0.717, 1.165) is 42.1 Å². The summed E-state index contributed by atoms with van der Waals surface area (Å²) in [6.45, 7) is 0. The third-order valence-corrected chi connectivity index (χ3v) is 7.87. The third-order valence-electron chi connectivity index (χ3n) is 7.09. The van der Waals surface area contributed by atoms with Gasteiger partial charge in [-0.1, -0.05) is 70.7 Å². The maximum atomic E-state index is 13.1.